The van der Waals surface area contributed by atoms with Gasteiger partial charge in [0, 0.05) is 12.1 Å². The zero-order valence-electron chi connectivity index (χ0n) is 15.6. The summed E-state index contributed by atoms with van der Waals surface area (Å²) in [5.41, 5.74) is 1.84. The lowest BCUT2D eigenvalue weighted by Crippen LogP contribution is -2.36. The first-order valence-electron chi connectivity index (χ1n) is 8.90. The Morgan fingerprint density at radius 3 is 2.36 bits per heavy atom. The van der Waals surface area contributed by atoms with Crippen molar-refractivity contribution in [2.24, 2.45) is 5.92 Å². The largest absolute Gasteiger partial charge is 0.478 e. The molecule has 0 aliphatic rings. The van der Waals surface area contributed by atoms with Gasteiger partial charge in [-0.25, -0.2) is 4.79 Å². The van der Waals surface area contributed by atoms with Gasteiger partial charge in [-0.15, -0.1) is 10.2 Å². The lowest BCUT2D eigenvalue weighted by atomic mass is 10.0. The SMILES string of the molecule is CC(C)C(C(=O)NCc1ccc(C(=O)O)cc1)n1nnc(-c2ccccc2)n1. The van der Waals surface area contributed by atoms with Crippen LogP contribution >= 0.6 is 0 Å². The van der Waals surface area contributed by atoms with Crippen molar-refractivity contribution < 1.29 is 14.7 Å². The van der Waals surface area contributed by atoms with E-state index < -0.39 is 12.0 Å². The normalized spacial score (nSPS) is 12.0. The fourth-order valence-electron chi connectivity index (χ4n) is 2.78. The monoisotopic (exact) mass is 379 g/mol. The zero-order valence-corrected chi connectivity index (χ0v) is 15.6. The lowest BCUT2D eigenvalue weighted by molar-refractivity contribution is -0.126. The fourth-order valence-corrected chi connectivity index (χ4v) is 2.78. The Hall–Kier alpha value is -3.55. The van der Waals surface area contributed by atoms with Crippen molar-refractivity contribution in [2.75, 3.05) is 0 Å². The molecule has 0 fully saturated rings. The quantitative estimate of drug-likeness (QED) is 0.653. The summed E-state index contributed by atoms with van der Waals surface area (Å²) in [5.74, 6) is -0.799. The number of carbonyl (C=O) groups excluding carboxylic acids is 1. The van der Waals surface area contributed by atoms with Crippen molar-refractivity contribution in [3.63, 3.8) is 0 Å². The van der Waals surface area contributed by atoms with Crippen LogP contribution in [-0.2, 0) is 11.3 Å². The summed E-state index contributed by atoms with van der Waals surface area (Å²) in [6, 6.07) is 15.2. The smallest absolute Gasteiger partial charge is 0.335 e. The molecular weight excluding hydrogens is 358 g/mol. The Kier molecular flexibility index (Phi) is 5.78. The van der Waals surface area contributed by atoms with Gasteiger partial charge in [-0.05, 0) is 28.8 Å². The Balaban J connectivity index is 1.71. The Morgan fingerprint density at radius 1 is 1.07 bits per heavy atom. The second-order valence-corrected chi connectivity index (χ2v) is 6.71. The third-order valence-electron chi connectivity index (χ3n) is 4.28. The van der Waals surface area contributed by atoms with Crippen LogP contribution in [-0.4, -0.2) is 37.2 Å². The van der Waals surface area contributed by atoms with E-state index in [9.17, 15) is 9.59 Å². The highest BCUT2D eigenvalue weighted by Crippen LogP contribution is 2.19. The standard InChI is InChI=1S/C20H21N5O3/c1-13(2)17(25-23-18(22-24-25)15-6-4-3-5-7-15)19(26)21-12-14-8-10-16(11-9-14)20(27)28/h3-11,13,17H,12H2,1-2H3,(H,21,26)(H,27,28). The van der Waals surface area contributed by atoms with E-state index in [1.807, 2.05) is 44.2 Å². The van der Waals surface area contributed by atoms with Crippen LogP contribution < -0.4 is 5.32 Å². The number of aromatic nitrogens is 4. The number of amides is 1. The number of hydrogen-bond donors (Lipinski definition) is 2. The molecular formula is C20H21N5O3. The van der Waals surface area contributed by atoms with Crippen LogP contribution in [0.1, 0.15) is 35.8 Å². The van der Waals surface area contributed by atoms with Crippen LogP contribution in [0.5, 0.6) is 0 Å². The Bertz CT molecular complexity index is 951. The van der Waals surface area contributed by atoms with Gasteiger partial charge >= 0.3 is 5.97 Å². The third-order valence-corrected chi connectivity index (χ3v) is 4.28. The minimum absolute atomic E-state index is 0.0489. The number of aromatic carboxylic acids is 1. The summed E-state index contributed by atoms with van der Waals surface area (Å²) in [6.45, 7) is 4.11. The molecule has 0 saturated heterocycles. The lowest BCUT2D eigenvalue weighted by Gasteiger charge is -2.18. The molecule has 8 nitrogen and oxygen atoms in total. The van der Waals surface area contributed by atoms with E-state index in [-0.39, 0.29) is 23.9 Å². The molecule has 8 heteroatoms. The molecule has 3 aromatic rings. The van der Waals surface area contributed by atoms with E-state index in [0.717, 1.165) is 11.1 Å². The fraction of sp³-hybridized carbons (Fsp3) is 0.250. The zero-order chi connectivity index (χ0) is 20.1. The summed E-state index contributed by atoms with van der Waals surface area (Å²) in [6.07, 6.45) is 0. The molecule has 0 radical (unpaired) electrons. The van der Waals surface area contributed by atoms with Gasteiger partial charge in [-0.1, -0.05) is 56.3 Å². The van der Waals surface area contributed by atoms with E-state index in [2.05, 4.69) is 20.7 Å². The van der Waals surface area contributed by atoms with Crippen molar-refractivity contribution in [2.45, 2.75) is 26.4 Å². The van der Waals surface area contributed by atoms with Crippen molar-refractivity contribution in [3.05, 3.63) is 65.7 Å². The predicted octanol–water partition coefficient (Wildman–Crippen LogP) is 2.55. The average molecular weight is 379 g/mol. The number of nitrogens with zero attached hydrogens (tertiary/aromatic N) is 4. The number of carbonyl (C=O) groups is 2. The van der Waals surface area contributed by atoms with Gasteiger partial charge in [0.05, 0.1) is 5.56 Å². The van der Waals surface area contributed by atoms with Gasteiger partial charge < -0.3 is 10.4 Å². The highest BCUT2D eigenvalue weighted by molar-refractivity contribution is 5.87. The average Bonchev–Trinajstić information content (AvgIpc) is 3.16. The van der Waals surface area contributed by atoms with Crippen LogP contribution in [0.2, 0.25) is 0 Å². The molecule has 28 heavy (non-hydrogen) atoms. The number of nitrogens with one attached hydrogen (secondary N) is 1. The maximum Gasteiger partial charge on any atom is 0.335 e. The highest BCUT2D eigenvalue weighted by atomic mass is 16.4. The molecule has 1 atom stereocenters. The molecule has 0 spiro atoms. The van der Waals surface area contributed by atoms with Gasteiger partial charge in [0.2, 0.25) is 11.7 Å². The Labute approximate surface area is 162 Å². The summed E-state index contributed by atoms with van der Waals surface area (Å²) < 4.78 is 0. The van der Waals surface area contributed by atoms with Gasteiger partial charge in [0.25, 0.3) is 0 Å². The van der Waals surface area contributed by atoms with Crippen molar-refractivity contribution >= 4 is 11.9 Å². The molecule has 0 saturated carbocycles. The summed E-state index contributed by atoms with van der Waals surface area (Å²) >= 11 is 0. The second-order valence-electron chi connectivity index (χ2n) is 6.71. The number of carboxylic acids is 1. The topological polar surface area (TPSA) is 110 Å². The van der Waals surface area contributed by atoms with Crippen molar-refractivity contribution in [3.8, 4) is 11.4 Å². The van der Waals surface area contributed by atoms with Crippen LogP contribution in [0.4, 0.5) is 0 Å². The highest BCUT2D eigenvalue weighted by Gasteiger charge is 2.27. The van der Waals surface area contributed by atoms with E-state index in [0.29, 0.717) is 5.82 Å². The maximum atomic E-state index is 12.7. The van der Waals surface area contributed by atoms with Crippen LogP contribution in [0.3, 0.4) is 0 Å². The summed E-state index contributed by atoms with van der Waals surface area (Å²) in [4.78, 5) is 25.0. The van der Waals surface area contributed by atoms with Crippen LogP contribution in [0, 0.1) is 5.92 Å². The number of carboxylic acid groups (broad SMARTS) is 1. The van der Waals surface area contributed by atoms with E-state index in [4.69, 9.17) is 5.11 Å². The molecule has 2 N–H and O–H groups in total. The molecule has 0 bridgehead atoms. The first kappa shape index (κ1) is 19.2. The molecule has 1 unspecified atom stereocenters. The van der Waals surface area contributed by atoms with Crippen molar-refractivity contribution in [1.29, 1.82) is 0 Å². The number of hydrogen-bond acceptors (Lipinski definition) is 5. The van der Waals surface area contributed by atoms with E-state index >= 15 is 0 Å². The molecule has 3 rings (SSSR count). The minimum Gasteiger partial charge on any atom is -0.478 e. The van der Waals surface area contributed by atoms with Gasteiger partial charge in [0.1, 0.15) is 0 Å². The third kappa shape index (κ3) is 4.40. The predicted molar refractivity (Wildman–Crippen MR) is 102 cm³/mol. The number of tetrazole rings is 1. The van der Waals surface area contributed by atoms with Crippen molar-refractivity contribution in [1.82, 2.24) is 25.5 Å². The first-order valence-corrected chi connectivity index (χ1v) is 8.90. The summed E-state index contributed by atoms with van der Waals surface area (Å²) in [7, 11) is 0. The molecule has 1 heterocycles. The Morgan fingerprint density at radius 2 is 1.75 bits per heavy atom. The van der Waals surface area contributed by atoms with Gasteiger partial charge in [0.15, 0.2) is 6.04 Å². The maximum absolute atomic E-state index is 12.7. The first-order chi connectivity index (χ1) is 13.5. The van der Waals surface area contributed by atoms with Gasteiger partial charge in [-0.2, -0.15) is 4.80 Å². The van der Waals surface area contributed by atoms with Crippen LogP contribution in [0.15, 0.2) is 54.6 Å². The van der Waals surface area contributed by atoms with E-state index in [1.54, 1.807) is 12.1 Å². The second kappa shape index (κ2) is 8.43. The van der Waals surface area contributed by atoms with Crippen LogP contribution in [0.25, 0.3) is 11.4 Å². The van der Waals surface area contributed by atoms with E-state index in [1.165, 1.54) is 16.9 Å². The molecule has 1 amide bonds. The molecule has 1 aromatic heterocycles. The summed E-state index contributed by atoms with van der Waals surface area (Å²) in [5, 5.41) is 24.3. The minimum atomic E-state index is -0.984. The molecule has 0 aliphatic carbocycles. The number of rotatable bonds is 7. The molecule has 0 aliphatic heterocycles. The molecule has 144 valence electrons. The van der Waals surface area contributed by atoms with Gasteiger partial charge in [-0.3, -0.25) is 4.79 Å². The molecule has 2 aromatic carbocycles. The number of benzene rings is 2.